The molecule has 0 spiro atoms. The molecule has 4 nitrogen and oxygen atoms in total. The molecule has 2 aromatic rings. The van der Waals surface area contributed by atoms with Gasteiger partial charge in [-0.25, -0.2) is 0 Å². The minimum absolute atomic E-state index is 0.0274. The SMILES string of the molecule is ClC1CNCCN1c1n[nH]c2ccccc12. The van der Waals surface area contributed by atoms with Crippen LogP contribution < -0.4 is 10.2 Å². The van der Waals surface area contributed by atoms with Crippen molar-refractivity contribution in [1.82, 2.24) is 15.5 Å². The molecule has 2 N–H and O–H groups in total. The Morgan fingerprint density at radius 2 is 2.25 bits per heavy atom. The Morgan fingerprint density at radius 1 is 1.38 bits per heavy atom. The number of rotatable bonds is 1. The van der Waals surface area contributed by atoms with E-state index in [1.807, 2.05) is 18.2 Å². The number of halogens is 1. The smallest absolute Gasteiger partial charge is 0.159 e. The van der Waals surface area contributed by atoms with Crippen LogP contribution in [0, 0.1) is 0 Å². The van der Waals surface area contributed by atoms with Crippen molar-refractivity contribution >= 4 is 28.3 Å². The normalized spacial score (nSPS) is 21.6. The number of para-hydroxylation sites is 1. The van der Waals surface area contributed by atoms with Crippen molar-refractivity contribution in [2.75, 3.05) is 24.5 Å². The lowest BCUT2D eigenvalue weighted by Gasteiger charge is -2.32. The summed E-state index contributed by atoms with van der Waals surface area (Å²) < 4.78 is 0. The van der Waals surface area contributed by atoms with E-state index < -0.39 is 0 Å². The molecule has 0 amide bonds. The van der Waals surface area contributed by atoms with E-state index in [2.05, 4.69) is 26.5 Å². The van der Waals surface area contributed by atoms with Crippen LogP contribution in [-0.4, -0.2) is 35.3 Å². The molecule has 1 unspecified atom stereocenters. The average molecular weight is 237 g/mol. The molecule has 1 atom stereocenters. The van der Waals surface area contributed by atoms with Gasteiger partial charge in [0.05, 0.1) is 5.52 Å². The molecule has 1 aromatic heterocycles. The van der Waals surface area contributed by atoms with Crippen LogP contribution in [-0.2, 0) is 0 Å². The highest BCUT2D eigenvalue weighted by atomic mass is 35.5. The van der Waals surface area contributed by atoms with Crippen LogP contribution >= 0.6 is 11.6 Å². The molecule has 84 valence electrons. The van der Waals surface area contributed by atoms with Crippen LogP contribution in [0.4, 0.5) is 5.82 Å². The van der Waals surface area contributed by atoms with Crippen molar-refractivity contribution in [2.24, 2.45) is 0 Å². The number of hydrogen-bond donors (Lipinski definition) is 2. The summed E-state index contributed by atoms with van der Waals surface area (Å²) in [6.07, 6.45) is 0. The number of anilines is 1. The number of nitrogens with one attached hydrogen (secondary N) is 2. The van der Waals surface area contributed by atoms with Gasteiger partial charge in [0.15, 0.2) is 5.82 Å². The van der Waals surface area contributed by atoms with E-state index in [-0.39, 0.29) is 5.50 Å². The first-order valence-electron chi connectivity index (χ1n) is 5.41. The molecule has 1 saturated heterocycles. The summed E-state index contributed by atoms with van der Waals surface area (Å²) >= 11 is 6.28. The number of piperazine rings is 1. The van der Waals surface area contributed by atoms with Gasteiger partial charge in [-0.05, 0) is 12.1 Å². The Hall–Kier alpha value is -1.26. The Bertz CT molecular complexity index is 495. The van der Waals surface area contributed by atoms with Gasteiger partial charge in [-0.3, -0.25) is 5.10 Å². The van der Waals surface area contributed by atoms with E-state index in [4.69, 9.17) is 11.6 Å². The summed E-state index contributed by atoms with van der Waals surface area (Å²) in [6.45, 7) is 2.64. The first-order chi connectivity index (χ1) is 7.86. The quantitative estimate of drug-likeness (QED) is 0.583. The molecule has 1 aliphatic rings. The number of H-pyrrole nitrogens is 1. The number of fused-ring (bicyclic) bond motifs is 1. The molecule has 1 aliphatic heterocycles. The van der Waals surface area contributed by atoms with Gasteiger partial charge in [0.2, 0.25) is 0 Å². The lowest BCUT2D eigenvalue weighted by Crippen LogP contribution is -2.48. The molecular weight excluding hydrogens is 224 g/mol. The largest absolute Gasteiger partial charge is 0.336 e. The van der Waals surface area contributed by atoms with Gasteiger partial charge >= 0.3 is 0 Å². The number of aromatic nitrogens is 2. The van der Waals surface area contributed by atoms with E-state index in [1.54, 1.807) is 0 Å². The average Bonchev–Trinajstić information content (AvgIpc) is 2.74. The van der Waals surface area contributed by atoms with E-state index in [0.717, 1.165) is 36.4 Å². The zero-order valence-electron chi connectivity index (χ0n) is 8.78. The number of aromatic amines is 1. The van der Waals surface area contributed by atoms with Crippen molar-refractivity contribution in [3.05, 3.63) is 24.3 Å². The first kappa shape index (κ1) is 9.93. The minimum atomic E-state index is -0.0274. The summed E-state index contributed by atoms with van der Waals surface area (Å²) in [7, 11) is 0. The summed E-state index contributed by atoms with van der Waals surface area (Å²) in [6, 6.07) is 8.12. The maximum atomic E-state index is 6.28. The van der Waals surface area contributed by atoms with Crippen LogP contribution in [0.25, 0.3) is 10.9 Å². The van der Waals surface area contributed by atoms with Crippen molar-refractivity contribution in [2.45, 2.75) is 5.50 Å². The van der Waals surface area contributed by atoms with Crippen molar-refractivity contribution in [1.29, 1.82) is 0 Å². The molecule has 5 heteroatoms. The second kappa shape index (κ2) is 3.96. The van der Waals surface area contributed by atoms with Gasteiger partial charge in [0.25, 0.3) is 0 Å². The zero-order chi connectivity index (χ0) is 11.0. The van der Waals surface area contributed by atoms with Crippen LogP contribution in [0.3, 0.4) is 0 Å². The number of alkyl halides is 1. The molecule has 1 aromatic carbocycles. The summed E-state index contributed by atoms with van der Waals surface area (Å²) in [4.78, 5) is 2.14. The van der Waals surface area contributed by atoms with Crippen LogP contribution in [0.1, 0.15) is 0 Å². The lowest BCUT2D eigenvalue weighted by atomic mass is 10.2. The third kappa shape index (κ3) is 1.54. The van der Waals surface area contributed by atoms with E-state index in [9.17, 15) is 0 Å². The monoisotopic (exact) mass is 236 g/mol. The standard InChI is InChI=1S/C11H13ClN4/c12-10-7-13-5-6-16(10)11-8-3-1-2-4-9(8)14-15-11/h1-4,10,13H,5-7H2,(H,14,15). The highest BCUT2D eigenvalue weighted by molar-refractivity contribution is 6.22. The molecule has 0 saturated carbocycles. The lowest BCUT2D eigenvalue weighted by molar-refractivity contribution is 0.555. The van der Waals surface area contributed by atoms with Crippen LogP contribution in [0.5, 0.6) is 0 Å². The predicted molar refractivity (Wildman–Crippen MR) is 66.0 cm³/mol. The molecule has 0 aliphatic carbocycles. The fraction of sp³-hybridized carbons (Fsp3) is 0.364. The van der Waals surface area contributed by atoms with Crippen molar-refractivity contribution in [3.63, 3.8) is 0 Å². The second-order valence-corrected chi connectivity index (χ2v) is 4.43. The molecule has 0 bridgehead atoms. The second-order valence-electron chi connectivity index (χ2n) is 3.92. The molecular formula is C11H13ClN4. The van der Waals surface area contributed by atoms with Gasteiger partial charge < -0.3 is 10.2 Å². The Morgan fingerprint density at radius 3 is 3.12 bits per heavy atom. The van der Waals surface area contributed by atoms with E-state index >= 15 is 0 Å². The third-order valence-corrected chi connectivity index (χ3v) is 3.29. The molecule has 2 heterocycles. The Labute approximate surface area is 98.6 Å². The van der Waals surface area contributed by atoms with Crippen molar-refractivity contribution in [3.8, 4) is 0 Å². The fourth-order valence-corrected chi connectivity index (χ4v) is 2.38. The number of benzene rings is 1. The van der Waals surface area contributed by atoms with Crippen LogP contribution in [0.2, 0.25) is 0 Å². The zero-order valence-corrected chi connectivity index (χ0v) is 9.54. The van der Waals surface area contributed by atoms with Crippen molar-refractivity contribution < 1.29 is 0 Å². The topological polar surface area (TPSA) is 44.0 Å². The first-order valence-corrected chi connectivity index (χ1v) is 5.84. The molecule has 1 fully saturated rings. The summed E-state index contributed by atoms with van der Waals surface area (Å²) in [5.41, 5.74) is 1.03. The van der Waals surface area contributed by atoms with Gasteiger partial charge in [-0.15, -0.1) is 0 Å². The summed E-state index contributed by atoms with van der Waals surface area (Å²) in [5, 5.41) is 11.8. The number of nitrogens with zero attached hydrogens (tertiary/aromatic N) is 2. The minimum Gasteiger partial charge on any atom is -0.336 e. The van der Waals surface area contributed by atoms with Gasteiger partial charge in [-0.1, -0.05) is 23.7 Å². The number of hydrogen-bond acceptors (Lipinski definition) is 3. The maximum Gasteiger partial charge on any atom is 0.159 e. The van der Waals surface area contributed by atoms with E-state index in [0.29, 0.717) is 0 Å². The molecule has 0 radical (unpaired) electrons. The highest BCUT2D eigenvalue weighted by Gasteiger charge is 2.23. The Balaban J connectivity index is 2.04. The maximum absolute atomic E-state index is 6.28. The Kier molecular flexibility index (Phi) is 2.46. The fourth-order valence-electron chi connectivity index (χ4n) is 2.08. The highest BCUT2D eigenvalue weighted by Crippen LogP contribution is 2.26. The summed E-state index contributed by atoms with van der Waals surface area (Å²) in [5.74, 6) is 0.956. The van der Waals surface area contributed by atoms with Gasteiger partial charge in [-0.2, -0.15) is 5.10 Å². The van der Waals surface area contributed by atoms with Gasteiger partial charge in [0.1, 0.15) is 5.50 Å². The molecule has 16 heavy (non-hydrogen) atoms. The predicted octanol–water partition coefficient (Wildman–Crippen LogP) is 1.54. The van der Waals surface area contributed by atoms with Crippen LogP contribution in [0.15, 0.2) is 24.3 Å². The van der Waals surface area contributed by atoms with Gasteiger partial charge in [0, 0.05) is 25.0 Å². The molecule has 3 rings (SSSR count). The third-order valence-electron chi connectivity index (χ3n) is 2.90. The van der Waals surface area contributed by atoms with E-state index in [1.165, 1.54) is 0 Å².